The zero-order chi connectivity index (χ0) is 3.58. The van der Waals surface area contributed by atoms with E-state index in [4.69, 9.17) is 9.90 Å². The van der Waals surface area contributed by atoms with E-state index >= 15 is 0 Å². The average Bonchev–Trinajstić information content (AvgIpc) is 0.811. The molecule has 0 aliphatic rings. The molecule has 0 radical (unpaired) electrons. The van der Waals surface area contributed by atoms with Gasteiger partial charge in [-0.25, -0.2) is 0 Å². The first-order valence-corrected chi connectivity index (χ1v) is 0.928. The third-order valence-electron chi connectivity index (χ3n) is 0. The Morgan fingerprint density at radius 1 is 2.00 bits per heavy atom. The van der Waals surface area contributed by atoms with Crippen LogP contribution < -0.4 is 29.6 Å². The molecule has 0 spiro atoms. The molecule has 0 rings (SSSR count). The molecule has 0 aliphatic heterocycles. The summed E-state index contributed by atoms with van der Waals surface area (Å²) < 4.78 is 0. The van der Waals surface area contributed by atoms with Crippen molar-refractivity contribution in [1.82, 2.24) is 0 Å². The van der Waals surface area contributed by atoms with Crippen molar-refractivity contribution in [3.63, 3.8) is 0 Å². The van der Waals surface area contributed by atoms with Crippen LogP contribution in [0.3, 0.4) is 0 Å². The van der Waals surface area contributed by atoms with E-state index in [1.54, 1.807) is 0 Å². The van der Waals surface area contributed by atoms with E-state index in [0.29, 0.717) is 0 Å². The second kappa shape index (κ2) is 4.47. The van der Waals surface area contributed by atoms with Crippen LogP contribution in [0, 0.1) is 0 Å². The van der Waals surface area contributed by atoms with Crippen molar-refractivity contribution in [2.45, 2.75) is 6.92 Å². The molecule has 0 fully saturated rings. The van der Waals surface area contributed by atoms with Crippen molar-refractivity contribution >= 4 is 5.97 Å². The van der Waals surface area contributed by atoms with Gasteiger partial charge in [0.2, 0.25) is 0 Å². The van der Waals surface area contributed by atoms with Gasteiger partial charge in [0.05, 0.1) is 0 Å². The Bertz CT molecular complexity index is 38.3. The van der Waals surface area contributed by atoms with Crippen LogP contribution in [0.1, 0.15) is 11.2 Å². The van der Waals surface area contributed by atoms with Crippen molar-refractivity contribution in [3.05, 3.63) is 0 Å². The zero-order valence-corrected chi connectivity index (χ0v) is 5.36. The monoisotopic (exact) mass is 86.0 g/mol. The molecule has 1 N–H and O–H groups in total. The second-order valence-electron chi connectivity index (χ2n) is 0.519. The number of hydrogen-bond donors (Lipinski definition) is 1. The molecular weight excluding hydrogens is 79.0 g/mol. The van der Waals surface area contributed by atoms with Gasteiger partial charge in [-0.15, -0.1) is 0 Å². The van der Waals surface area contributed by atoms with Gasteiger partial charge in [0.25, 0.3) is 5.97 Å². The molecule has 0 aliphatic carbocycles. The summed E-state index contributed by atoms with van der Waals surface area (Å²) in [6.07, 6.45) is 0. The quantitative estimate of drug-likeness (QED) is 0.329. The maximum absolute atomic E-state index is 9.00. The minimum absolute atomic E-state index is 0. The van der Waals surface area contributed by atoms with Gasteiger partial charge in [-0.05, 0) is 0 Å². The molecule has 2 nitrogen and oxygen atoms in total. The molecule has 0 aromatic heterocycles. The molecule has 0 saturated heterocycles. The van der Waals surface area contributed by atoms with Crippen LogP contribution in [-0.4, -0.2) is 11.1 Å². The van der Waals surface area contributed by atoms with Crippen molar-refractivity contribution in [2.24, 2.45) is 0 Å². The fraction of sp³-hybridized carbons (Fsp3) is 0.500. The van der Waals surface area contributed by atoms with Gasteiger partial charge in [-0.2, -0.15) is 0 Å². The molecule has 0 atom stereocenters. The van der Waals surface area contributed by atoms with Gasteiger partial charge < -0.3 is 9.39 Å². The third kappa shape index (κ3) is 123. The SMILES string of the molecule is CC(=O)O.[H-].[H-].[H-].[Na+]. The van der Waals surface area contributed by atoms with Crippen LogP contribution >= 0.6 is 0 Å². The molecule has 3 heteroatoms. The largest absolute Gasteiger partial charge is 1.00 e. The van der Waals surface area contributed by atoms with Crippen LogP contribution in [0.4, 0.5) is 0 Å². The summed E-state index contributed by atoms with van der Waals surface area (Å²) >= 11 is 0. The van der Waals surface area contributed by atoms with Gasteiger partial charge >= 0.3 is 29.6 Å². The van der Waals surface area contributed by atoms with E-state index in [-0.39, 0.29) is 33.8 Å². The molecular formula is C2H7NaO2-2. The first-order chi connectivity index (χ1) is 1.73. The summed E-state index contributed by atoms with van der Waals surface area (Å²) in [5, 5.41) is 7.42. The molecule has 5 heavy (non-hydrogen) atoms. The minimum Gasteiger partial charge on any atom is -1.00 e. The first-order valence-electron chi connectivity index (χ1n) is 0.928. The number of carboxylic acid groups (broad SMARTS) is 1. The molecule has 0 unspecified atom stereocenters. The maximum atomic E-state index is 9.00. The molecule has 30 valence electrons. The molecule has 0 aromatic carbocycles. The zero-order valence-electron chi connectivity index (χ0n) is 6.36. The Morgan fingerprint density at radius 2 is 2.00 bits per heavy atom. The number of carboxylic acids is 1. The molecule has 0 amide bonds. The predicted octanol–water partition coefficient (Wildman–Crippen LogP) is -2.57. The topological polar surface area (TPSA) is 37.3 Å². The standard InChI is InChI=1S/C2H4O2.Na.3H/c1-2(3)4;;;;/h1H3,(H,3,4);;;;/q;+1;3*-1. The van der Waals surface area contributed by atoms with Gasteiger partial charge in [-0.3, -0.25) is 4.79 Å². The van der Waals surface area contributed by atoms with Gasteiger partial charge in [0, 0.05) is 6.92 Å². The molecule has 0 bridgehead atoms. The smallest absolute Gasteiger partial charge is 1.00 e. The minimum atomic E-state index is -0.833. The van der Waals surface area contributed by atoms with E-state index < -0.39 is 5.97 Å². The third-order valence-corrected chi connectivity index (χ3v) is 0. The van der Waals surface area contributed by atoms with Gasteiger partial charge in [0.15, 0.2) is 0 Å². The Morgan fingerprint density at radius 3 is 2.00 bits per heavy atom. The van der Waals surface area contributed by atoms with Gasteiger partial charge in [0.1, 0.15) is 0 Å². The Hall–Kier alpha value is 0.470. The van der Waals surface area contributed by atoms with E-state index in [2.05, 4.69) is 0 Å². The van der Waals surface area contributed by atoms with Crippen LogP contribution in [0.2, 0.25) is 0 Å². The molecule has 0 saturated carbocycles. The summed E-state index contributed by atoms with van der Waals surface area (Å²) in [5.74, 6) is -0.833. The van der Waals surface area contributed by atoms with Crippen molar-refractivity contribution in [2.75, 3.05) is 0 Å². The van der Waals surface area contributed by atoms with Crippen molar-refractivity contribution in [1.29, 1.82) is 0 Å². The van der Waals surface area contributed by atoms with Crippen molar-refractivity contribution in [3.8, 4) is 0 Å². The van der Waals surface area contributed by atoms with E-state index in [1.165, 1.54) is 0 Å². The number of hydrogen-bond acceptors (Lipinski definition) is 1. The normalized spacial score (nSPS) is 5.00. The van der Waals surface area contributed by atoms with Crippen LogP contribution in [0.25, 0.3) is 0 Å². The number of aliphatic carboxylic acids is 1. The van der Waals surface area contributed by atoms with Gasteiger partial charge in [-0.1, -0.05) is 0 Å². The molecule has 0 heterocycles. The summed E-state index contributed by atoms with van der Waals surface area (Å²) in [5.41, 5.74) is 0. The summed E-state index contributed by atoms with van der Waals surface area (Å²) in [4.78, 5) is 9.00. The Kier molecular flexibility index (Phi) is 8.11. The number of carbonyl (C=O) groups is 1. The fourth-order valence-corrected chi connectivity index (χ4v) is 0. The van der Waals surface area contributed by atoms with E-state index in [0.717, 1.165) is 6.92 Å². The molecule has 0 aromatic rings. The summed E-state index contributed by atoms with van der Waals surface area (Å²) in [7, 11) is 0. The predicted molar refractivity (Wildman–Crippen MR) is 16.6 cm³/mol. The summed E-state index contributed by atoms with van der Waals surface area (Å²) in [6, 6.07) is 0. The van der Waals surface area contributed by atoms with Crippen LogP contribution in [0.15, 0.2) is 0 Å². The number of rotatable bonds is 0. The fourth-order valence-electron chi connectivity index (χ4n) is 0. The van der Waals surface area contributed by atoms with E-state index in [1.807, 2.05) is 0 Å². The second-order valence-corrected chi connectivity index (χ2v) is 0.519. The Balaban J connectivity index is -0.00000000750. The Labute approximate surface area is 56.9 Å². The first kappa shape index (κ1) is 9.08. The van der Waals surface area contributed by atoms with Crippen molar-refractivity contribution < 1.29 is 43.7 Å². The summed E-state index contributed by atoms with van der Waals surface area (Å²) in [6.45, 7) is 1.08. The maximum Gasteiger partial charge on any atom is 1.00 e. The van der Waals surface area contributed by atoms with Crippen LogP contribution in [0.5, 0.6) is 0 Å². The van der Waals surface area contributed by atoms with Crippen LogP contribution in [-0.2, 0) is 4.79 Å². The van der Waals surface area contributed by atoms with E-state index in [9.17, 15) is 0 Å². The average molecular weight is 86.1 g/mol.